The molecule has 4 amide bonds. The van der Waals surface area contributed by atoms with Crippen LogP contribution in [0.25, 0.3) is 0 Å². The molecule has 2 atom stereocenters. The van der Waals surface area contributed by atoms with E-state index < -0.39 is 42.6 Å². The molecule has 2 aromatic rings. The molecule has 2 aliphatic heterocycles. The number of aryl methyl sites for hydroxylation is 1. The number of hydrogen-bond donors (Lipinski definition) is 4. The van der Waals surface area contributed by atoms with E-state index in [-0.39, 0.29) is 49.7 Å². The number of ketones is 1. The van der Waals surface area contributed by atoms with Gasteiger partial charge < -0.3 is 35.5 Å². The van der Waals surface area contributed by atoms with Gasteiger partial charge in [-0.1, -0.05) is 24.3 Å². The van der Waals surface area contributed by atoms with E-state index in [1.165, 1.54) is 23.1 Å². The Morgan fingerprint density at radius 3 is 2.73 bits per heavy atom. The Bertz CT molecular complexity index is 1310. The zero-order valence-electron chi connectivity index (χ0n) is 22.5. The second kappa shape index (κ2) is 12.4. The maximum Gasteiger partial charge on any atom is 0.526 e. The third-order valence-corrected chi connectivity index (χ3v) is 7.10. The highest BCUT2D eigenvalue weighted by atomic mass is 16.5. The molecular formula is C27H33BN4O8. The maximum atomic E-state index is 13.7. The van der Waals surface area contributed by atoms with Gasteiger partial charge in [0.1, 0.15) is 18.4 Å². The number of phenolic OH excluding ortho intramolecular Hbond substituents is 1. The van der Waals surface area contributed by atoms with Crippen LogP contribution in [0.5, 0.6) is 17.2 Å². The van der Waals surface area contributed by atoms with Crippen LogP contribution in [0.1, 0.15) is 36.1 Å². The van der Waals surface area contributed by atoms with Crippen molar-refractivity contribution in [2.75, 3.05) is 32.8 Å². The van der Waals surface area contributed by atoms with Crippen molar-refractivity contribution in [2.24, 2.45) is 5.73 Å². The second-order valence-corrected chi connectivity index (χ2v) is 9.79. The fourth-order valence-corrected chi connectivity index (χ4v) is 4.91. The van der Waals surface area contributed by atoms with Gasteiger partial charge in [0.05, 0.1) is 0 Å². The first kappa shape index (κ1) is 28.9. The van der Waals surface area contributed by atoms with E-state index in [0.717, 1.165) is 16.0 Å². The number of rotatable bonds is 9. The highest BCUT2D eigenvalue weighted by Gasteiger charge is 2.40. The molecule has 2 aromatic carbocycles. The zero-order chi connectivity index (χ0) is 29.0. The summed E-state index contributed by atoms with van der Waals surface area (Å²) in [6.07, 6.45) is 0.201. The molecule has 1 unspecified atom stereocenters. The predicted molar refractivity (Wildman–Crippen MR) is 145 cm³/mol. The van der Waals surface area contributed by atoms with Crippen LogP contribution in [0.15, 0.2) is 36.4 Å². The van der Waals surface area contributed by atoms with Crippen LogP contribution in [-0.2, 0) is 20.8 Å². The van der Waals surface area contributed by atoms with E-state index in [1.54, 1.807) is 6.92 Å². The van der Waals surface area contributed by atoms with Gasteiger partial charge in [0.2, 0.25) is 0 Å². The number of carbonyl (C=O) groups excluding carboxylic acids is 4. The van der Waals surface area contributed by atoms with Crippen LogP contribution >= 0.6 is 0 Å². The van der Waals surface area contributed by atoms with Gasteiger partial charge in [0.25, 0.3) is 0 Å². The SMILES string of the molecule is CCN1CCN(C(=O)NC(C(=O)C[C@H]2Cc3cccc(C)c3OB2O)c2ccc(O)c(OCCN)c2)C(=O)C1=O. The van der Waals surface area contributed by atoms with Crippen molar-refractivity contribution in [1.82, 2.24) is 15.1 Å². The van der Waals surface area contributed by atoms with Gasteiger partial charge in [-0.15, -0.1) is 0 Å². The summed E-state index contributed by atoms with van der Waals surface area (Å²) in [5.74, 6) is -2.42. The summed E-state index contributed by atoms with van der Waals surface area (Å²) < 4.78 is 11.2. The molecule has 13 heteroatoms. The monoisotopic (exact) mass is 552 g/mol. The van der Waals surface area contributed by atoms with Crippen molar-refractivity contribution in [3.8, 4) is 17.2 Å². The number of likely N-dealkylation sites (N-methyl/N-ethyl adjacent to an activating group) is 1. The number of carbonyl (C=O) groups is 4. The van der Waals surface area contributed by atoms with Crippen LogP contribution in [0.4, 0.5) is 4.79 Å². The van der Waals surface area contributed by atoms with Gasteiger partial charge >= 0.3 is 25.0 Å². The average molecular weight is 552 g/mol. The molecule has 5 N–H and O–H groups in total. The van der Waals surface area contributed by atoms with Gasteiger partial charge in [-0.05, 0) is 49.1 Å². The number of nitrogens with one attached hydrogen (secondary N) is 1. The summed E-state index contributed by atoms with van der Waals surface area (Å²) in [6, 6.07) is 7.57. The molecule has 0 aliphatic carbocycles. The number of imide groups is 1. The van der Waals surface area contributed by atoms with Crippen LogP contribution in [0, 0.1) is 6.92 Å². The lowest BCUT2D eigenvalue weighted by atomic mass is 9.64. The van der Waals surface area contributed by atoms with E-state index in [9.17, 15) is 29.3 Å². The molecule has 0 bridgehead atoms. The number of nitrogens with zero attached hydrogens (tertiary/aromatic N) is 2. The Morgan fingerprint density at radius 1 is 1.23 bits per heavy atom. The Labute approximate surface area is 232 Å². The van der Waals surface area contributed by atoms with Crippen molar-refractivity contribution in [2.45, 2.75) is 38.5 Å². The van der Waals surface area contributed by atoms with Crippen molar-refractivity contribution < 1.29 is 38.7 Å². The number of ether oxygens (including phenoxy) is 1. The Morgan fingerprint density at radius 2 is 2.00 bits per heavy atom. The number of piperazine rings is 1. The number of amides is 4. The number of phenols is 1. The molecule has 0 saturated carbocycles. The molecule has 2 heterocycles. The highest BCUT2D eigenvalue weighted by molar-refractivity contribution is 6.46. The summed E-state index contributed by atoms with van der Waals surface area (Å²) in [6.45, 7) is 4.35. The van der Waals surface area contributed by atoms with Crippen LogP contribution in [0.2, 0.25) is 5.82 Å². The lowest BCUT2D eigenvalue weighted by Crippen LogP contribution is -2.58. The summed E-state index contributed by atoms with van der Waals surface area (Å²) in [5, 5.41) is 23.5. The number of urea groups is 1. The second-order valence-electron chi connectivity index (χ2n) is 9.79. The zero-order valence-corrected chi connectivity index (χ0v) is 22.5. The largest absolute Gasteiger partial charge is 0.536 e. The molecule has 0 radical (unpaired) electrons. The molecule has 1 fully saturated rings. The standard InChI is InChI=1S/C27H33BN4O8/c1-3-31-10-11-32(26(36)25(31)35)27(37)30-23(17-7-8-20(33)22(14-17)39-12-9-29)21(34)15-19-13-18-6-4-5-16(2)24(18)40-28(19)38/h4-8,14,19,23,33,38H,3,9-13,15,29H2,1-2H3,(H,30,37)/t19-,23?/m1/s1. The van der Waals surface area contributed by atoms with E-state index in [0.29, 0.717) is 18.7 Å². The number of benzene rings is 2. The minimum Gasteiger partial charge on any atom is -0.536 e. The molecule has 0 spiro atoms. The number of Topliss-reactive ketones (excluding diaryl/α,β-unsaturated/α-hetero) is 1. The molecule has 212 valence electrons. The summed E-state index contributed by atoms with van der Waals surface area (Å²) in [5.41, 5.74) is 7.49. The number of nitrogens with two attached hydrogens (primary N) is 1. The Hall–Kier alpha value is -4.10. The summed E-state index contributed by atoms with van der Waals surface area (Å²) in [7, 11) is -1.25. The number of aromatic hydroxyl groups is 1. The first-order chi connectivity index (χ1) is 19.1. The smallest absolute Gasteiger partial charge is 0.526 e. The van der Waals surface area contributed by atoms with Crippen LogP contribution in [-0.4, -0.2) is 83.5 Å². The molecule has 1 saturated heterocycles. The molecule has 2 aliphatic rings. The van der Waals surface area contributed by atoms with Crippen molar-refractivity contribution in [3.05, 3.63) is 53.1 Å². The van der Waals surface area contributed by atoms with Crippen molar-refractivity contribution >= 4 is 30.7 Å². The molecule has 40 heavy (non-hydrogen) atoms. The first-order valence-corrected chi connectivity index (χ1v) is 13.2. The van der Waals surface area contributed by atoms with Crippen LogP contribution in [0.3, 0.4) is 0 Å². The van der Waals surface area contributed by atoms with E-state index in [4.69, 9.17) is 15.1 Å². The average Bonchev–Trinajstić information content (AvgIpc) is 2.93. The number of para-hydroxylation sites is 1. The van der Waals surface area contributed by atoms with Gasteiger partial charge in [0.15, 0.2) is 17.3 Å². The molecule has 4 rings (SSSR count). The minimum absolute atomic E-state index is 0.0308. The number of fused-ring (bicyclic) bond motifs is 1. The molecular weight excluding hydrogens is 519 g/mol. The van der Waals surface area contributed by atoms with Gasteiger partial charge in [-0.2, -0.15) is 0 Å². The van der Waals surface area contributed by atoms with E-state index in [1.807, 2.05) is 25.1 Å². The summed E-state index contributed by atoms with van der Waals surface area (Å²) >= 11 is 0. The normalized spacial score (nSPS) is 17.7. The Balaban J connectivity index is 1.60. The number of hydrogen-bond acceptors (Lipinski definition) is 9. The first-order valence-electron chi connectivity index (χ1n) is 13.2. The lowest BCUT2D eigenvalue weighted by Gasteiger charge is -2.33. The van der Waals surface area contributed by atoms with Crippen LogP contribution < -0.4 is 20.4 Å². The van der Waals surface area contributed by atoms with Crippen molar-refractivity contribution in [3.63, 3.8) is 0 Å². The molecule has 0 aromatic heterocycles. The lowest BCUT2D eigenvalue weighted by molar-refractivity contribution is -0.153. The predicted octanol–water partition coefficient (Wildman–Crippen LogP) is 0.925. The third kappa shape index (κ3) is 6.05. The third-order valence-electron chi connectivity index (χ3n) is 7.10. The van der Waals surface area contributed by atoms with Gasteiger partial charge in [-0.3, -0.25) is 19.3 Å². The molecule has 12 nitrogen and oxygen atoms in total. The maximum absolute atomic E-state index is 13.7. The fourth-order valence-electron chi connectivity index (χ4n) is 4.91. The fraction of sp³-hybridized carbons (Fsp3) is 0.407. The quantitative estimate of drug-likeness (QED) is 0.261. The van der Waals surface area contributed by atoms with Gasteiger partial charge in [-0.25, -0.2) is 4.79 Å². The van der Waals surface area contributed by atoms with E-state index in [2.05, 4.69) is 5.32 Å². The van der Waals surface area contributed by atoms with Gasteiger partial charge in [0, 0.05) is 38.4 Å². The Kier molecular flexibility index (Phi) is 8.95. The minimum atomic E-state index is -1.29. The highest BCUT2D eigenvalue weighted by Crippen LogP contribution is 2.37. The topological polar surface area (TPSA) is 172 Å². The van der Waals surface area contributed by atoms with E-state index >= 15 is 0 Å². The summed E-state index contributed by atoms with van der Waals surface area (Å²) in [4.78, 5) is 54.0. The van der Waals surface area contributed by atoms with Crippen molar-refractivity contribution in [1.29, 1.82) is 0 Å².